The highest BCUT2D eigenvalue weighted by atomic mass is 16.5. The van der Waals surface area contributed by atoms with Crippen molar-refractivity contribution in [2.24, 2.45) is 5.16 Å². The molecule has 1 aliphatic rings. The van der Waals surface area contributed by atoms with Gasteiger partial charge in [0.05, 0.1) is 12.2 Å². The van der Waals surface area contributed by atoms with Gasteiger partial charge in [0.25, 0.3) is 0 Å². The summed E-state index contributed by atoms with van der Waals surface area (Å²) in [5, 5.41) is 12.4. The van der Waals surface area contributed by atoms with Gasteiger partial charge >= 0.3 is 5.91 Å². The molecule has 0 bridgehead atoms. The summed E-state index contributed by atoms with van der Waals surface area (Å²) < 4.78 is 5.92. The van der Waals surface area contributed by atoms with Crippen molar-refractivity contribution in [1.29, 1.82) is 0 Å². The van der Waals surface area contributed by atoms with Crippen LogP contribution in [0.5, 0.6) is 5.75 Å². The van der Waals surface area contributed by atoms with E-state index in [1.165, 1.54) is 0 Å². The third kappa shape index (κ3) is 3.56. The van der Waals surface area contributed by atoms with Gasteiger partial charge in [-0.3, -0.25) is 0 Å². The zero-order chi connectivity index (χ0) is 17.6. The minimum atomic E-state index is -0.218. The zero-order valence-corrected chi connectivity index (χ0v) is 14.4. The van der Waals surface area contributed by atoms with Gasteiger partial charge in [0.15, 0.2) is 0 Å². The molecular weight excluding hydrogens is 316 g/mol. The molecule has 130 valence electrons. The number of oxime groups is 1. The lowest BCUT2D eigenvalue weighted by atomic mass is 10.1. The van der Waals surface area contributed by atoms with Crippen molar-refractivity contribution in [3.63, 3.8) is 0 Å². The third-order valence-corrected chi connectivity index (χ3v) is 4.44. The third-order valence-electron chi connectivity index (χ3n) is 4.44. The molecule has 1 atom stereocenters. The second-order valence-corrected chi connectivity index (χ2v) is 6.14. The molecule has 1 heterocycles. The number of unbranched alkanes of at least 4 members (excludes halogenated alkanes) is 2. The SMILES string of the molecule is CCCCCOc1ccccc1C[NH+]1C(=O)C(=NO)c2ccccc21. The molecule has 1 unspecified atom stereocenters. The van der Waals surface area contributed by atoms with Gasteiger partial charge in [-0.25, -0.2) is 9.69 Å². The summed E-state index contributed by atoms with van der Waals surface area (Å²) in [4.78, 5) is 13.3. The summed E-state index contributed by atoms with van der Waals surface area (Å²) in [6.07, 6.45) is 3.31. The van der Waals surface area contributed by atoms with Gasteiger partial charge in [0.2, 0.25) is 5.71 Å². The Morgan fingerprint density at radius 2 is 1.84 bits per heavy atom. The highest BCUT2D eigenvalue weighted by Crippen LogP contribution is 2.21. The standard InChI is InChI=1S/C20H22N2O3/c1-2-3-8-13-25-18-12-7-4-9-15(18)14-22-17-11-6-5-10-16(17)19(21-24)20(22)23/h4-7,9-12,24H,2-3,8,13-14H2,1H3/p+1. The number of benzene rings is 2. The molecular formula is C20H23N2O3+. The molecule has 5 heteroatoms. The number of carbonyl (C=O) groups is 1. The van der Waals surface area contributed by atoms with Crippen LogP contribution in [-0.2, 0) is 11.3 Å². The van der Waals surface area contributed by atoms with E-state index in [4.69, 9.17) is 4.74 Å². The quantitative estimate of drug-likeness (QED) is 0.463. The number of hydrogen-bond acceptors (Lipinski definition) is 4. The molecule has 3 rings (SSSR count). The summed E-state index contributed by atoms with van der Waals surface area (Å²) in [6, 6.07) is 15.2. The number of quaternary nitrogens is 1. The number of amides is 1. The van der Waals surface area contributed by atoms with Crippen LogP contribution in [0.2, 0.25) is 0 Å². The predicted octanol–water partition coefficient (Wildman–Crippen LogP) is 2.69. The fourth-order valence-corrected chi connectivity index (χ4v) is 3.13. The van der Waals surface area contributed by atoms with Crippen molar-refractivity contribution in [3.05, 3.63) is 59.7 Å². The number of hydrogen-bond donors (Lipinski definition) is 2. The second-order valence-electron chi connectivity index (χ2n) is 6.14. The van der Waals surface area contributed by atoms with Crippen LogP contribution in [0.4, 0.5) is 5.69 Å². The molecule has 0 fully saturated rings. The van der Waals surface area contributed by atoms with Gasteiger partial charge in [-0.1, -0.05) is 49.2 Å². The number of ether oxygens (including phenoxy) is 1. The van der Waals surface area contributed by atoms with E-state index in [0.717, 1.165) is 36.3 Å². The highest BCUT2D eigenvalue weighted by Gasteiger charge is 2.40. The fraction of sp³-hybridized carbons (Fsp3) is 0.300. The topological polar surface area (TPSA) is 63.3 Å². The Labute approximate surface area is 147 Å². The van der Waals surface area contributed by atoms with Crippen LogP contribution in [0.25, 0.3) is 0 Å². The summed E-state index contributed by atoms with van der Waals surface area (Å²) in [5.41, 5.74) is 2.61. The average Bonchev–Trinajstić information content (AvgIpc) is 2.91. The van der Waals surface area contributed by atoms with E-state index in [9.17, 15) is 10.0 Å². The van der Waals surface area contributed by atoms with Crippen LogP contribution in [0.15, 0.2) is 53.7 Å². The minimum absolute atomic E-state index is 0.118. The van der Waals surface area contributed by atoms with Crippen molar-refractivity contribution >= 4 is 17.3 Å². The Morgan fingerprint density at radius 3 is 2.64 bits per heavy atom. The van der Waals surface area contributed by atoms with Gasteiger partial charge < -0.3 is 9.94 Å². The smallest absolute Gasteiger partial charge is 0.372 e. The van der Waals surface area contributed by atoms with Gasteiger partial charge in [-0.05, 0) is 24.6 Å². The molecule has 25 heavy (non-hydrogen) atoms. The van der Waals surface area contributed by atoms with E-state index in [-0.39, 0.29) is 11.6 Å². The van der Waals surface area contributed by atoms with E-state index in [0.29, 0.717) is 23.6 Å². The first-order valence-electron chi connectivity index (χ1n) is 8.69. The maximum atomic E-state index is 12.6. The average molecular weight is 339 g/mol. The molecule has 0 radical (unpaired) electrons. The summed E-state index contributed by atoms with van der Waals surface area (Å²) in [6.45, 7) is 3.29. The summed E-state index contributed by atoms with van der Waals surface area (Å²) in [5.74, 6) is 0.593. The number of nitrogens with one attached hydrogen (secondary N) is 1. The van der Waals surface area contributed by atoms with Crippen molar-refractivity contribution in [2.75, 3.05) is 6.61 Å². The van der Waals surface area contributed by atoms with Gasteiger partial charge in [-0.2, -0.15) is 0 Å². The summed E-state index contributed by atoms with van der Waals surface area (Å²) in [7, 11) is 0. The zero-order valence-electron chi connectivity index (χ0n) is 14.4. The molecule has 1 amide bonds. The molecule has 2 aromatic rings. The highest BCUT2D eigenvalue weighted by molar-refractivity contribution is 6.45. The largest absolute Gasteiger partial charge is 0.493 e. The van der Waals surface area contributed by atoms with Crippen LogP contribution in [0.1, 0.15) is 37.3 Å². The Bertz CT molecular complexity index is 786. The van der Waals surface area contributed by atoms with E-state index < -0.39 is 0 Å². The first-order chi connectivity index (χ1) is 12.3. The first kappa shape index (κ1) is 17.2. The number of nitrogens with zero attached hydrogens (tertiary/aromatic N) is 1. The fourth-order valence-electron chi connectivity index (χ4n) is 3.13. The predicted molar refractivity (Wildman–Crippen MR) is 95.6 cm³/mol. The van der Waals surface area contributed by atoms with Crippen molar-refractivity contribution < 1.29 is 19.6 Å². The molecule has 2 aromatic carbocycles. The summed E-state index contributed by atoms with van der Waals surface area (Å²) >= 11 is 0. The maximum Gasteiger partial charge on any atom is 0.372 e. The number of para-hydroxylation sites is 2. The molecule has 0 spiro atoms. The van der Waals surface area contributed by atoms with E-state index in [2.05, 4.69) is 12.1 Å². The van der Waals surface area contributed by atoms with Crippen LogP contribution in [-0.4, -0.2) is 23.4 Å². The van der Waals surface area contributed by atoms with Gasteiger partial charge in [0.1, 0.15) is 18.0 Å². The first-order valence-corrected chi connectivity index (χ1v) is 8.69. The molecule has 0 aromatic heterocycles. The maximum absolute atomic E-state index is 12.6. The molecule has 0 saturated heterocycles. The van der Waals surface area contributed by atoms with E-state index in [1.807, 2.05) is 48.5 Å². The lowest BCUT2D eigenvalue weighted by Crippen LogP contribution is -3.07. The van der Waals surface area contributed by atoms with Crippen LogP contribution in [0, 0.1) is 0 Å². The van der Waals surface area contributed by atoms with Crippen molar-refractivity contribution in [3.8, 4) is 5.75 Å². The Morgan fingerprint density at radius 1 is 1.08 bits per heavy atom. The van der Waals surface area contributed by atoms with Crippen LogP contribution in [0.3, 0.4) is 0 Å². The van der Waals surface area contributed by atoms with Crippen molar-refractivity contribution in [1.82, 2.24) is 0 Å². The number of carbonyl (C=O) groups excluding carboxylic acids is 1. The monoisotopic (exact) mass is 339 g/mol. The normalized spacial score (nSPS) is 17.7. The minimum Gasteiger partial charge on any atom is -0.493 e. The van der Waals surface area contributed by atoms with Crippen LogP contribution >= 0.6 is 0 Å². The Hall–Kier alpha value is -2.66. The second kappa shape index (κ2) is 7.94. The lowest BCUT2D eigenvalue weighted by molar-refractivity contribution is -0.757. The number of fused-ring (bicyclic) bond motifs is 1. The lowest BCUT2D eigenvalue weighted by Gasteiger charge is -2.14. The molecule has 5 nitrogen and oxygen atoms in total. The Kier molecular flexibility index (Phi) is 5.46. The molecule has 2 N–H and O–H groups in total. The van der Waals surface area contributed by atoms with Gasteiger partial charge in [0, 0.05) is 11.6 Å². The Balaban J connectivity index is 1.82. The number of rotatable bonds is 7. The molecule has 0 aliphatic carbocycles. The molecule has 0 saturated carbocycles. The van der Waals surface area contributed by atoms with E-state index in [1.54, 1.807) is 0 Å². The van der Waals surface area contributed by atoms with Gasteiger partial charge in [-0.15, -0.1) is 0 Å². The van der Waals surface area contributed by atoms with Crippen molar-refractivity contribution in [2.45, 2.75) is 32.7 Å². The van der Waals surface area contributed by atoms with Crippen LogP contribution < -0.4 is 9.64 Å². The van der Waals surface area contributed by atoms with E-state index >= 15 is 0 Å². The molecule has 1 aliphatic heterocycles.